The average Bonchev–Trinajstić information content (AvgIpc) is 3.04. The number of pyridine rings is 1. The summed E-state index contributed by atoms with van der Waals surface area (Å²) in [7, 11) is 0. The maximum atomic E-state index is 13.3. The van der Waals surface area contributed by atoms with Crippen molar-refractivity contribution >= 4 is 5.65 Å². The van der Waals surface area contributed by atoms with Crippen molar-refractivity contribution in [3.05, 3.63) is 53.0 Å². The van der Waals surface area contributed by atoms with Crippen LogP contribution in [0.5, 0.6) is 0 Å². The van der Waals surface area contributed by atoms with Gasteiger partial charge in [0, 0.05) is 49.2 Å². The lowest BCUT2D eigenvalue weighted by molar-refractivity contribution is 0.317. The first-order chi connectivity index (χ1) is 12.1. The van der Waals surface area contributed by atoms with E-state index in [0.29, 0.717) is 23.4 Å². The lowest BCUT2D eigenvalue weighted by Crippen LogP contribution is -2.55. The Morgan fingerprint density at radius 2 is 2.20 bits per heavy atom. The Hall–Kier alpha value is -2.58. The van der Waals surface area contributed by atoms with Crippen molar-refractivity contribution in [1.29, 1.82) is 0 Å². The van der Waals surface area contributed by atoms with Gasteiger partial charge in [-0.05, 0) is 19.1 Å². The second kappa shape index (κ2) is 6.38. The van der Waals surface area contributed by atoms with Crippen molar-refractivity contribution in [3.8, 4) is 11.3 Å². The van der Waals surface area contributed by atoms with Crippen LogP contribution in [0.15, 0.2) is 41.6 Å². The first-order valence-corrected chi connectivity index (χ1v) is 8.27. The van der Waals surface area contributed by atoms with Crippen molar-refractivity contribution in [3.63, 3.8) is 0 Å². The third kappa shape index (κ3) is 3.31. The van der Waals surface area contributed by atoms with Crippen molar-refractivity contribution in [2.75, 3.05) is 13.1 Å². The molecule has 4 heterocycles. The summed E-state index contributed by atoms with van der Waals surface area (Å²) in [6, 6.07) is 4.91. The van der Waals surface area contributed by atoms with Crippen LogP contribution in [-0.2, 0) is 6.54 Å². The Morgan fingerprint density at radius 1 is 1.32 bits per heavy atom. The summed E-state index contributed by atoms with van der Waals surface area (Å²) >= 11 is 0. The Bertz CT molecular complexity index is 965. The molecule has 1 aliphatic rings. The van der Waals surface area contributed by atoms with Crippen LogP contribution in [0.25, 0.3) is 16.9 Å². The molecule has 1 fully saturated rings. The van der Waals surface area contributed by atoms with Gasteiger partial charge in [0.25, 0.3) is 5.56 Å². The fourth-order valence-electron chi connectivity index (χ4n) is 3.16. The van der Waals surface area contributed by atoms with Crippen LogP contribution in [0.1, 0.15) is 6.92 Å². The summed E-state index contributed by atoms with van der Waals surface area (Å²) in [4.78, 5) is 16.6. The number of rotatable bonds is 3. The van der Waals surface area contributed by atoms with E-state index in [0.717, 1.165) is 31.4 Å². The summed E-state index contributed by atoms with van der Waals surface area (Å²) < 4.78 is 16.3. The maximum Gasteiger partial charge on any atom is 0.258 e. The molecule has 1 saturated heterocycles. The molecule has 1 aliphatic heterocycles. The van der Waals surface area contributed by atoms with Gasteiger partial charge < -0.3 is 10.6 Å². The van der Waals surface area contributed by atoms with E-state index in [1.807, 2.05) is 10.9 Å². The van der Waals surface area contributed by atoms with Crippen LogP contribution in [0.3, 0.4) is 0 Å². The number of nitrogens with one attached hydrogen (secondary N) is 2. The predicted octanol–water partition coefficient (Wildman–Crippen LogP) is 0.647. The molecule has 4 rings (SSSR count). The molecule has 0 bridgehead atoms. The molecule has 0 radical (unpaired) electrons. The quantitative estimate of drug-likeness (QED) is 0.731. The molecule has 3 aromatic heterocycles. The van der Waals surface area contributed by atoms with Gasteiger partial charge in [0.2, 0.25) is 0 Å². The summed E-state index contributed by atoms with van der Waals surface area (Å²) in [5.41, 5.74) is 1.38. The SMILES string of the molecule is C[C@H]1CNCC(Cn2cc(-c3cc(=O)n4cc(F)ccc4n3)cn2)N1. The van der Waals surface area contributed by atoms with Crippen molar-refractivity contribution in [2.45, 2.75) is 25.6 Å². The van der Waals surface area contributed by atoms with Crippen LogP contribution < -0.4 is 16.2 Å². The van der Waals surface area contributed by atoms with Crippen LogP contribution in [0.4, 0.5) is 4.39 Å². The minimum Gasteiger partial charge on any atom is -0.314 e. The van der Waals surface area contributed by atoms with E-state index < -0.39 is 5.82 Å². The van der Waals surface area contributed by atoms with Gasteiger partial charge in [-0.15, -0.1) is 0 Å². The van der Waals surface area contributed by atoms with Crippen LogP contribution in [0.2, 0.25) is 0 Å². The van der Waals surface area contributed by atoms with E-state index in [1.165, 1.54) is 22.6 Å². The topological polar surface area (TPSA) is 76.2 Å². The van der Waals surface area contributed by atoms with E-state index in [9.17, 15) is 9.18 Å². The van der Waals surface area contributed by atoms with Gasteiger partial charge in [-0.25, -0.2) is 9.37 Å². The normalized spacial score (nSPS) is 20.9. The molecule has 0 amide bonds. The van der Waals surface area contributed by atoms with Crippen LogP contribution in [0, 0.1) is 5.82 Å². The summed E-state index contributed by atoms with van der Waals surface area (Å²) in [6.45, 7) is 4.73. The summed E-state index contributed by atoms with van der Waals surface area (Å²) in [5, 5.41) is 11.3. The molecule has 8 heteroatoms. The second-order valence-corrected chi connectivity index (χ2v) is 6.43. The Kier molecular flexibility index (Phi) is 4.06. The van der Waals surface area contributed by atoms with Gasteiger partial charge in [0.05, 0.1) is 18.4 Å². The number of piperazine rings is 1. The van der Waals surface area contributed by atoms with E-state index in [-0.39, 0.29) is 5.56 Å². The van der Waals surface area contributed by atoms with Crippen LogP contribution in [-0.4, -0.2) is 44.3 Å². The Labute approximate surface area is 143 Å². The molecule has 25 heavy (non-hydrogen) atoms. The standard InChI is InChI=1S/C17H19FN6O/c1-11-5-19-7-14(21-11)10-23-8-12(6-20-23)15-4-17(25)24-9-13(18)2-3-16(24)22-15/h2-4,6,8-9,11,14,19,21H,5,7,10H2,1H3/t11-,14?/m0/s1. The van der Waals surface area contributed by atoms with Crippen molar-refractivity contribution in [1.82, 2.24) is 29.8 Å². The molecule has 2 N–H and O–H groups in total. The maximum absolute atomic E-state index is 13.3. The third-order valence-electron chi connectivity index (χ3n) is 4.32. The van der Waals surface area contributed by atoms with Crippen molar-refractivity contribution < 1.29 is 4.39 Å². The van der Waals surface area contributed by atoms with E-state index in [4.69, 9.17) is 0 Å². The highest BCUT2D eigenvalue weighted by Crippen LogP contribution is 2.16. The molecular formula is C17H19FN6O. The highest BCUT2D eigenvalue weighted by molar-refractivity contribution is 5.59. The molecule has 0 aliphatic carbocycles. The molecule has 130 valence electrons. The number of halogens is 1. The zero-order valence-electron chi connectivity index (χ0n) is 13.8. The Morgan fingerprint density at radius 3 is 3.04 bits per heavy atom. The molecule has 2 atom stereocenters. The summed E-state index contributed by atoms with van der Waals surface area (Å²) in [5.74, 6) is -0.472. The lowest BCUT2D eigenvalue weighted by Gasteiger charge is -2.29. The van der Waals surface area contributed by atoms with Crippen molar-refractivity contribution in [2.24, 2.45) is 0 Å². The zero-order valence-corrected chi connectivity index (χ0v) is 13.8. The third-order valence-corrected chi connectivity index (χ3v) is 4.32. The highest BCUT2D eigenvalue weighted by Gasteiger charge is 2.18. The number of nitrogens with zero attached hydrogens (tertiary/aromatic N) is 4. The first kappa shape index (κ1) is 15.9. The van der Waals surface area contributed by atoms with Gasteiger partial charge in [-0.2, -0.15) is 5.10 Å². The highest BCUT2D eigenvalue weighted by atomic mass is 19.1. The van der Waals surface area contributed by atoms with Gasteiger partial charge in [-0.3, -0.25) is 13.9 Å². The second-order valence-electron chi connectivity index (χ2n) is 6.43. The van der Waals surface area contributed by atoms with E-state index in [2.05, 4.69) is 27.6 Å². The van der Waals surface area contributed by atoms with Gasteiger partial charge in [0.15, 0.2) is 0 Å². The lowest BCUT2D eigenvalue weighted by atomic mass is 10.1. The molecule has 3 aromatic rings. The number of aromatic nitrogens is 4. The molecular weight excluding hydrogens is 323 g/mol. The Balaban J connectivity index is 1.60. The fraction of sp³-hybridized carbons (Fsp3) is 0.353. The number of hydrogen-bond donors (Lipinski definition) is 2. The largest absolute Gasteiger partial charge is 0.314 e. The minimum absolute atomic E-state index is 0.301. The van der Waals surface area contributed by atoms with E-state index in [1.54, 1.807) is 6.20 Å². The smallest absolute Gasteiger partial charge is 0.258 e. The first-order valence-electron chi connectivity index (χ1n) is 8.27. The molecule has 0 aromatic carbocycles. The average molecular weight is 342 g/mol. The fourth-order valence-corrected chi connectivity index (χ4v) is 3.16. The predicted molar refractivity (Wildman–Crippen MR) is 91.9 cm³/mol. The molecule has 7 nitrogen and oxygen atoms in total. The van der Waals surface area contributed by atoms with Crippen LogP contribution >= 0.6 is 0 Å². The van der Waals surface area contributed by atoms with Gasteiger partial charge in [-0.1, -0.05) is 0 Å². The zero-order chi connectivity index (χ0) is 17.4. The van der Waals surface area contributed by atoms with Gasteiger partial charge in [0.1, 0.15) is 11.5 Å². The van der Waals surface area contributed by atoms with E-state index >= 15 is 0 Å². The van der Waals surface area contributed by atoms with Gasteiger partial charge >= 0.3 is 0 Å². The number of hydrogen-bond acceptors (Lipinski definition) is 5. The summed E-state index contributed by atoms with van der Waals surface area (Å²) in [6.07, 6.45) is 4.71. The molecule has 0 saturated carbocycles. The monoisotopic (exact) mass is 342 g/mol. The minimum atomic E-state index is -0.472. The molecule has 1 unspecified atom stereocenters. The molecule has 0 spiro atoms. The number of fused-ring (bicyclic) bond motifs is 1.